The van der Waals surface area contributed by atoms with Crippen molar-refractivity contribution in [2.75, 3.05) is 19.7 Å². The van der Waals surface area contributed by atoms with E-state index in [9.17, 15) is 4.79 Å². The Labute approximate surface area is 61.1 Å². The molecule has 0 fully saturated rings. The van der Waals surface area contributed by atoms with E-state index in [1.807, 2.05) is 0 Å². The fraction of sp³-hybridized carbons (Fsp3) is 0.571. The largest absolute Gasteiger partial charge is 0.465 e. The van der Waals surface area contributed by atoms with Gasteiger partial charge in [0.2, 0.25) is 0 Å². The van der Waals surface area contributed by atoms with Gasteiger partial charge in [0.1, 0.15) is 6.61 Å². The molecule has 0 amide bonds. The first-order valence-corrected chi connectivity index (χ1v) is 3.22. The van der Waals surface area contributed by atoms with E-state index in [4.69, 9.17) is 0 Å². The summed E-state index contributed by atoms with van der Waals surface area (Å²) in [7, 11) is 0. The molecule has 0 atom stereocenters. The summed E-state index contributed by atoms with van der Waals surface area (Å²) in [6.07, 6.45) is 1.76. The molecule has 58 valence electrons. The van der Waals surface area contributed by atoms with Gasteiger partial charge in [0.15, 0.2) is 0 Å². The number of hydrogen-bond acceptors (Lipinski definition) is 3. The van der Waals surface area contributed by atoms with Gasteiger partial charge in [0.05, 0.1) is 0 Å². The number of ether oxygens (including phenoxy) is 1. The Hall–Kier alpha value is -0.830. The van der Waals surface area contributed by atoms with Crippen LogP contribution in [0.25, 0.3) is 0 Å². The van der Waals surface area contributed by atoms with Crippen molar-refractivity contribution in [2.24, 2.45) is 0 Å². The van der Waals surface area contributed by atoms with Crippen LogP contribution in [0.4, 0.5) is 0 Å². The molecule has 0 aromatic carbocycles. The van der Waals surface area contributed by atoms with E-state index in [1.54, 1.807) is 6.08 Å². The predicted octanol–water partition coefficient (Wildman–Crippen LogP) is 0.325. The van der Waals surface area contributed by atoms with Gasteiger partial charge in [0.25, 0.3) is 0 Å². The highest BCUT2D eigenvalue weighted by molar-refractivity contribution is 5.65. The van der Waals surface area contributed by atoms with Gasteiger partial charge in [-0.2, -0.15) is 0 Å². The third kappa shape index (κ3) is 7.17. The number of rotatable bonds is 5. The van der Waals surface area contributed by atoms with Crippen LogP contribution in [0.15, 0.2) is 12.7 Å². The highest BCUT2D eigenvalue weighted by Crippen LogP contribution is 1.73. The predicted molar refractivity (Wildman–Crippen MR) is 39.7 cm³/mol. The van der Waals surface area contributed by atoms with E-state index in [2.05, 4.69) is 16.6 Å². The zero-order valence-electron chi connectivity index (χ0n) is 6.22. The number of esters is 1. The molecule has 3 nitrogen and oxygen atoms in total. The Balaban J connectivity index is 2.90. The summed E-state index contributed by atoms with van der Waals surface area (Å²) in [5, 5.41) is 3.00. The molecular weight excluding hydrogens is 130 g/mol. The van der Waals surface area contributed by atoms with Gasteiger partial charge in [0, 0.05) is 20.0 Å². The molecule has 1 N–H and O–H groups in total. The maximum Gasteiger partial charge on any atom is 0.302 e. The molecule has 0 aliphatic rings. The quantitative estimate of drug-likeness (QED) is 0.342. The van der Waals surface area contributed by atoms with Crippen LogP contribution in [0.5, 0.6) is 0 Å². The summed E-state index contributed by atoms with van der Waals surface area (Å²) in [6.45, 7) is 6.79. The third-order valence-corrected chi connectivity index (χ3v) is 0.873. The first kappa shape index (κ1) is 9.17. The number of carbonyl (C=O) groups is 1. The molecule has 10 heavy (non-hydrogen) atoms. The van der Waals surface area contributed by atoms with Crippen molar-refractivity contribution in [3.63, 3.8) is 0 Å². The molecule has 0 unspecified atom stereocenters. The summed E-state index contributed by atoms with van der Waals surface area (Å²) in [5.74, 6) is -0.236. The fourth-order valence-corrected chi connectivity index (χ4v) is 0.471. The van der Waals surface area contributed by atoms with E-state index in [1.165, 1.54) is 6.92 Å². The molecule has 0 spiro atoms. The van der Waals surface area contributed by atoms with Gasteiger partial charge in [-0.25, -0.2) is 0 Å². The van der Waals surface area contributed by atoms with E-state index in [0.29, 0.717) is 13.2 Å². The van der Waals surface area contributed by atoms with Crippen LogP contribution in [0, 0.1) is 0 Å². The Kier molecular flexibility index (Phi) is 5.77. The Morgan fingerprint density at radius 1 is 1.80 bits per heavy atom. The number of hydrogen-bond donors (Lipinski definition) is 1. The Morgan fingerprint density at radius 3 is 3.00 bits per heavy atom. The molecule has 0 aliphatic carbocycles. The second-order valence-corrected chi connectivity index (χ2v) is 1.83. The lowest BCUT2D eigenvalue weighted by Crippen LogP contribution is -2.20. The van der Waals surface area contributed by atoms with Gasteiger partial charge >= 0.3 is 5.97 Å². The monoisotopic (exact) mass is 143 g/mol. The minimum Gasteiger partial charge on any atom is -0.465 e. The van der Waals surface area contributed by atoms with Crippen LogP contribution in [0.2, 0.25) is 0 Å². The SMILES string of the molecule is C=CCNCCOC(C)=O. The summed E-state index contributed by atoms with van der Waals surface area (Å²) in [5.41, 5.74) is 0. The number of nitrogens with one attached hydrogen (secondary N) is 1. The van der Waals surface area contributed by atoms with Crippen molar-refractivity contribution in [3.8, 4) is 0 Å². The van der Waals surface area contributed by atoms with Gasteiger partial charge in [-0.05, 0) is 0 Å². The first-order valence-electron chi connectivity index (χ1n) is 3.22. The zero-order chi connectivity index (χ0) is 7.82. The van der Waals surface area contributed by atoms with Crippen molar-refractivity contribution in [1.29, 1.82) is 0 Å². The van der Waals surface area contributed by atoms with Crippen LogP contribution in [-0.2, 0) is 9.53 Å². The van der Waals surface area contributed by atoms with Gasteiger partial charge in [-0.1, -0.05) is 6.08 Å². The smallest absolute Gasteiger partial charge is 0.302 e. The fourth-order valence-electron chi connectivity index (χ4n) is 0.471. The van der Waals surface area contributed by atoms with Crippen LogP contribution >= 0.6 is 0 Å². The van der Waals surface area contributed by atoms with Crippen molar-refractivity contribution in [2.45, 2.75) is 6.92 Å². The molecule has 3 heteroatoms. The summed E-state index contributed by atoms with van der Waals surface area (Å²) >= 11 is 0. The molecule has 0 heterocycles. The lowest BCUT2D eigenvalue weighted by molar-refractivity contribution is -0.140. The molecular formula is C7H13NO2. The molecule has 0 saturated carbocycles. The van der Waals surface area contributed by atoms with Crippen LogP contribution < -0.4 is 5.32 Å². The summed E-state index contributed by atoms with van der Waals surface area (Å²) < 4.78 is 4.65. The van der Waals surface area contributed by atoms with Crippen molar-refractivity contribution < 1.29 is 9.53 Å². The molecule has 0 rings (SSSR count). The zero-order valence-corrected chi connectivity index (χ0v) is 6.22. The second kappa shape index (κ2) is 6.29. The maximum absolute atomic E-state index is 10.2. The number of carbonyl (C=O) groups excluding carboxylic acids is 1. The minimum absolute atomic E-state index is 0.236. The Morgan fingerprint density at radius 2 is 2.50 bits per heavy atom. The van der Waals surface area contributed by atoms with E-state index in [0.717, 1.165) is 6.54 Å². The second-order valence-electron chi connectivity index (χ2n) is 1.83. The molecule has 0 saturated heterocycles. The van der Waals surface area contributed by atoms with Crippen LogP contribution in [0.3, 0.4) is 0 Å². The van der Waals surface area contributed by atoms with E-state index < -0.39 is 0 Å². The van der Waals surface area contributed by atoms with Gasteiger partial charge in [-0.3, -0.25) is 4.79 Å². The lowest BCUT2D eigenvalue weighted by Gasteiger charge is -2.00. The Bertz CT molecular complexity index is 112. The van der Waals surface area contributed by atoms with Gasteiger partial charge in [-0.15, -0.1) is 6.58 Å². The average Bonchev–Trinajstić information content (AvgIpc) is 1.87. The highest BCUT2D eigenvalue weighted by Gasteiger charge is 1.89. The molecule has 0 aliphatic heterocycles. The summed E-state index contributed by atoms with van der Waals surface area (Å²) in [6, 6.07) is 0. The topological polar surface area (TPSA) is 38.3 Å². The normalized spacial score (nSPS) is 8.90. The van der Waals surface area contributed by atoms with Crippen LogP contribution in [-0.4, -0.2) is 25.7 Å². The molecule has 0 radical (unpaired) electrons. The van der Waals surface area contributed by atoms with Crippen molar-refractivity contribution >= 4 is 5.97 Å². The third-order valence-electron chi connectivity index (χ3n) is 0.873. The van der Waals surface area contributed by atoms with E-state index in [-0.39, 0.29) is 5.97 Å². The highest BCUT2D eigenvalue weighted by atomic mass is 16.5. The first-order chi connectivity index (χ1) is 4.77. The molecule has 0 aromatic rings. The van der Waals surface area contributed by atoms with Crippen LogP contribution in [0.1, 0.15) is 6.92 Å². The van der Waals surface area contributed by atoms with Gasteiger partial charge < -0.3 is 10.1 Å². The molecule has 0 bridgehead atoms. The minimum atomic E-state index is -0.236. The standard InChI is InChI=1S/C7H13NO2/c1-3-4-8-5-6-10-7(2)9/h3,8H,1,4-6H2,2H3. The molecule has 0 aromatic heterocycles. The lowest BCUT2D eigenvalue weighted by atomic mass is 10.6. The average molecular weight is 143 g/mol. The van der Waals surface area contributed by atoms with Crippen molar-refractivity contribution in [3.05, 3.63) is 12.7 Å². The van der Waals surface area contributed by atoms with E-state index >= 15 is 0 Å². The maximum atomic E-state index is 10.2. The van der Waals surface area contributed by atoms with Crippen molar-refractivity contribution in [1.82, 2.24) is 5.32 Å². The summed E-state index contributed by atoms with van der Waals surface area (Å²) in [4.78, 5) is 10.2.